The van der Waals surface area contributed by atoms with Crippen LogP contribution in [0.1, 0.15) is 6.42 Å². The molecular formula is C7H14O7. The van der Waals surface area contributed by atoms with Crippen molar-refractivity contribution in [2.24, 2.45) is 0 Å². The van der Waals surface area contributed by atoms with Crippen molar-refractivity contribution >= 4 is 0 Å². The van der Waals surface area contributed by atoms with E-state index in [2.05, 4.69) is 4.74 Å². The molecule has 1 aliphatic rings. The van der Waals surface area contributed by atoms with E-state index in [1.54, 1.807) is 0 Å². The fraction of sp³-hybridized carbons (Fsp3) is 1.00. The van der Waals surface area contributed by atoms with Crippen LogP contribution in [-0.4, -0.2) is 67.6 Å². The van der Waals surface area contributed by atoms with Crippen molar-refractivity contribution in [2.45, 2.75) is 43.4 Å². The molecule has 1 heterocycles. The minimum atomic E-state index is -1.72. The highest BCUT2D eigenvalue weighted by Crippen LogP contribution is 2.22. The zero-order valence-corrected chi connectivity index (χ0v) is 7.26. The summed E-state index contributed by atoms with van der Waals surface area (Å²) in [6.07, 6.45) is -9.47. The molecule has 7 nitrogen and oxygen atoms in total. The molecule has 1 saturated heterocycles. The van der Waals surface area contributed by atoms with E-state index in [0.717, 1.165) is 0 Å². The van der Waals surface area contributed by atoms with Gasteiger partial charge in [-0.05, 0) is 0 Å². The third-order valence-corrected chi connectivity index (χ3v) is 2.13. The zero-order valence-electron chi connectivity index (χ0n) is 7.26. The van der Waals surface area contributed by atoms with Crippen LogP contribution >= 0.6 is 0 Å². The van der Waals surface area contributed by atoms with E-state index >= 15 is 0 Å². The van der Waals surface area contributed by atoms with Crippen molar-refractivity contribution in [3.05, 3.63) is 0 Å². The van der Waals surface area contributed by atoms with E-state index < -0.39 is 37.0 Å². The van der Waals surface area contributed by atoms with Gasteiger partial charge in [0.15, 0.2) is 12.6 Å². The van der Waals surface area contributed by atoms with Gasteiger partial charge in [-0.2, -0.15) is 0 Å². The Bertz CT molecular complexity index is 185. The summed E-state index contributed by atoms with van der Waals surface area (Å²) in [5.41, 5.74) is 0. The molecule has 1 rings (SSSR count). The molecule has 0 radical (unpaired) electrons. The van der Waals surface area contributed by atoms with Crippen LogP contribution in [0.3, 0.4) is 0 Å². The van der Waals surface area contributed by atoms with E-state index in [0.29, 0.717) is 0 Å². The van der Waals surface area contributed by atoms with Crippen molar-refractivity contribution in [3.8, 4) is 0 Å². The van der Waals surface area contributed by atoms with Crippen LogP contribution in [0.4, 0.5) is 0 Å². The number of rotatable bonds is 2. The Balaban J connectivity index is 2.60. The van der Waals surface area contributed by atoms with Gasteiger partial charge in [0.1, 0.15) is 18.3 Å². The SMILES string of the molecule is OC(O)C[C@H]1O[C@@H](O)[C@@H](O)[C@@H](O)[C@@H]1O. The summed E-state index contributed by atoms with van der Waals surface area (Å²) in [6.45, 7) is 0. The number of hydrogen-bond donors (Lipinski definition) is 6. The van der Waals surface area contributed by atoms with Gasteiger partial charge in [0, 0.05) is 6.42 Å². The third-order valence-electron chi connectivity index (χ3n) is 2.13. The molecule has 7 heteroatoms. The second-order valence-electron chi connectivity index (χ2n) is 3.25. The number of aliphatic hydroxyl groups excluding tert-OH is 5. The maximum Gasteiger partial charge on any atom is 0.183 e. The Morgan fingerprint density at radius 1 is 0.929 bits per heavy atom. The number of ether oxygens (including phenoxy) is 1. The Kier molecular flexibility index (Phi) is 3.78. The monoisotopic (exact) mass is 210 g/mol. The van der Waals surface area contributed by atoms with Crippen LogP contribution in [0.5, 0.6) is 0 Å². The van der Waals surface area contributed by atoms with Gasteiger partial charge < -0.3 is 35.4 Å². The average Bonchev–Trinajstić information content (AvgIpc) is 2.10. The van der Waals surface area contributed by atoms with E-state index in [9.17, 15) is 10.2 Å². The van der Waals surface area contributed by atoms with Crippen LogP contribution in [0, 0.1) is 0 Å². The predicted molar refractivity (Wildman–Crippen MR) is 41.7 cm³/mol. The maximum atomic E-state index is 9.31. The highest BCUT2D eigenvalue weighted by Gasteiger charge is 2.43. The van der Waals surface area contributed by atoms with Gasteiger partial charge >= 0.3 is 0 Å². The number of aliphatic hydroxyl groups is 6. The first-order chi connectivity index (χ1) is 6.43. The highest BCUT2D eigenvalue weighted by molar-refractivity contribution is 4.88. The molecule has 0 amide bonds. The molecule has 0 bridgehead atoms. The smallest absolute Gasteiger partial charge is 0.183 e. The van der Waals surface area contributed by atoms with Gasteiger partial charge in [0.05, 0.1) is 6.10 Å². The topological polar surface area (TPSA) is 131 Å². The molecule has 5 atom stereocenters. The standard InChI is InChI=1S/C7H14O7/c8-3(9)1-2-4(10)5(11)6(12)7(13)14-2/h2-13H,1H2/t2-,4-,5+,6+,7-/m1/s1. The Hall–Kier alpha value is -0.280. The molecule has 0 aromatic rings. The van der Waals surface area contributed by atoms with Gasteiger partial charge in [0.2, 0.25) is 0 Å². The largest absolute Gasteiger partial charge is 0.388 e. The summed E-state index contributed by atoms with van der Waals surface area (Å²) < 4.78 is 4.67. The summed E-state index contributed by atoms with van der Waals surface area (Å²) in [7, 11) is 0. The Labute approximate surface area is 79.8 Å². The highest BCUT2D eigenvalue weighted by atomic mass is 16.6. The van der Waals surface area contributed by atoms with E-state index in [1.807, 2.05) is 0 Å². The molecule has 0 saturated carbocycles. The van der Waals surface area contributed by atoms with Gasteiger partial charge in [-0.3, -0.25) is 0 Å². The van der Waals surface area contributed by atoms with E-state index in [-0.39, 0.29) is 6.42 Å². The lowest BCUT2D eigenvalue weighted by Crippen LogP contribution is -2.57. The fourth-order valence-corrected chi connectivity index (χ4v) is 1.33. The van der Waals surface area contributed by atoms with Crippen LogP contribution in [-0.2, 0) is 4.74 Å². The van der Waals surface area contributed by atoms with Crippen LogP contribution in [0.25, 0.3) is 0 Å². The van der Waals surface area contributed by atoms with Gasteiger partial charge in [-0.25, -0.2) is 0 Å². The van der Waals surface area contributed by atoms with Gasteiger partial charge in [-0.1, -0.05) is 0 Å². The molecule has 0 aromatic carbocycles. The van der Waals surface area contributed by atoms with Crippen molar-refractivity contribution in [3.63, 3.8) is 0 Å². The lowest BCUT2D eigenvalue weighted by molar-refractivity contribution is -0.289. The van der Waals surface area contributed by atoms with Crippen LogP contribution in [0.2, 0.25) is 0 Å². The second-order valence-corrected chi connectivity index (χ2v) is 3.25. The normalized spacial score (nSPS) is 44.4. The molecule has 0 aliphatic carbocycles. The molecule has 6 N–H and O–H groups in total. The Morgan fingerprint density at radius 3 is 2.00 bits per heavy atom. The predicted octanol–water partition coefficient (Wildman–Crippen LogP) is -3.51. The van der Waals surface area contributed by atoms with Crippen molar-refractivity contribution < 1.29 is 35.4 Å². The summed E-state index contributed by atoms with van der Waals surface area (Å²) in [5.74, 6) is 0. The minimum Gasteiger partial charge on any atom is -0.388 e. The zero-order chi connectivity index (χ0) is 10.9. The molecule has 14 heavy (non-hydrogen) atoms. The average molecular weight is 210 g/mol. The first-order valence-electron chi connectivity index (χ1n) is 4.17. The summed E-state index contributed by atoms with van der Waals surface area (Å²) >= 11 is 0. The molecule has 84 valence electrons. The Morgan fingerprint density at radius 2 is 1.50 bits per heavy atom. The maximum absolute atomic E-state index is 9.31. The summed E-state index contributed by atoms with van der Waals surface area (Å²) in [5, 5.41) is 53.8. The fourth-order valence-electron chi connectivity index (χ4n) is 1.33. The second kappa shape index (κ2) is 4.49. The first kappa shape index (κ1) is 11.8. The molecule has 0 aromatic heterocycles. The first-order valence-corrected chi connectivity index (χ1v) is 4.17. The van der Waals surface area contributed by atoms with E-state index in [1.165, 1.54) is 0 Å². The molecular weight excluding hydrogens is 196 g/mol. The molecule has 1 aliphatic heterocycles. The summed E-state index contributed by atoms with van der Waals surface area (Å²) in [4.78, 5) is 0. The quantitative estimate of drug-likeness (QED) is 0.260. The molecule has 0 unspecified atom stereocenters. The molecule has 0 spiro atoms. The lowest BCUT2D eigenvalue weighted by Gasteiger charge is -2.38. The van der Waals surface area contributed by atoms with Crippen molar-refractivity contribution in [2.75, 3.05) is 0 Å². The van der Waals surface area contributed by atoms with Crippen molar-refractivity contribution in [1.29, 1.82) is 0 Å². The van der Waals surface area contributed by atoms with Crippen LogP contribution in [0.15, 0.2) is 0 Å². The lowest BCUT2D eigenvalue weighted by atomic mass is 9.97. The van der Waals surface area contributed by atoms with E-state index in [4.69, 9.17) is 20.4 Å². The number of hydrogen-bond acceptors (Lipinski definition) is 7. The summed E-state index contributed by atoms with van der Waals surface area (Å²) in [6, 6.07) is 0. The molecule has 1 fully saturated rings. The van der Waals surface area contributed by atoms with Crippen molar-refractivity contribution in [1.82, 2.24) is 0 Å². The van der Waals surface area contributed by atoms with Crippen LogP contribution < -0.4 is 0 Å². The minimum absolute atomic E-state index is 0.359. The van der Waals surface area contributed by atoms with Gasteiger partial charge in [-0.15, -0.1) is 0 Å². The van der Waals surface area contributed by atoms with Gasteiger partial charge in [0.25, 0.3) is 0 Å². The third kappa shape index (κ3) is 2.39.